The van der Waals surface area contributed by atoms with Crippen molar-refractivity contribution in [3.05, 3.63) is 30.1 Å². The molecule has 0 aliphatic carbocycles. The quantitative estimate of drug-likeness (QED) is 0.822. The largest absolute Gasteiger partial charge is 0.378 e. The average Bonchev–Trinajstić information content (AvgIpc) is 2.40. The first-order chi connectivity index (χ1) is 8.38. The molecule has 1 saturated heterocycles. The zero-order valence-corrected chi connectivity index (χ0v) is 10.4. The predicted molar refractivity (Wildman–Crippen MR) is 67.8 cm³/mol. The van der Waals surface area contributed by atoms with Crippen LogP contribution in [0, 0.1) is 0 Å². The minimum Gasteiger partial charge on any atom is -0.378 e. The van der Waals surface area contributed by atoms with Crippen molar-refractivity contribution in [2.45, 2.75) is 19.5 Å². The van der Waals surface area contributed by atoms with Crippen LogP contribution in [0.25, 0.3) is 0 Å². The Labute approximate surface area is 103 Å². The number of nitrogens with one attached hydrogen (secondary N) is 1. The summed E-state index contributed by atoms with van der Waals surface area (Å²) in [5, 5.41) is 3.48. The minimum absolute atomic E-state index is 0.451. The normalized spacial score (nSPS) is 20.7. The van der Waals surface area contributed by atoms with Crippen LogP contribution in [-0.2, 0) is 11.3 Å². The van der Waals surface area contributed by atoms with Gasteiger partial charge in [-0.05, 0) is 18.7 Å². The lowest BCUT2D eigenvalue weighted by molar-refractivity contribution is 0.0613. The van der Waals surface area contributed by atoms with Crippen molar-refractivity contribution in [3.8, 4) is 0 Å². The van der Waals surface area contributed by atoms with Crippen molar-refractivity contribution in [2.75, 3.05) is 32.8 Å². The Bertz CT molecular complexity index is 312. The molecule has 0 spiro atoms. The molecule has 4 heteroatoms. The lowest BCUT2D eigenvalue weighted by Gasteiger charge is -2.29. The van der Waals surface area contributed by atoms with Crippen LogP contribution in [-0.4, -0.2) is 48.8 Å². The monoisotopic (exact) mass is 235 g/mol. The van der Waals surface area contributed by atoms with E-state index in [-0.39, 0.29) is 0 Å². The highest BCUT2D eigenvalue weighted by Crippen LogP contribution is 2.03. The van der Waals surface area contributed by atoms with E-state index in [4.69, 9.17) is 4.74 Å². The van der Waals surface area contributed by atoms with Gasteiger partial charge in [-0.2, -0.15) is 0 Å². The molecule has 0 bridgehead atoms. The van der Waals surface area contributed by atoms with Crippen molar-refractivity contribution in [2.24, 2.45) is 0 Å². The van der Waals surface area contributed by atoms with E-state index in [0.29, 0.717) is 6.04 Å². The summed E-state index contributed by atoms with van der Waals surface area (Å²) in [5.41, 5.74) is 1.13. The van der Waals surface area contributed by atoms with Gasteiger partial charge in [-0.3, -0.25) is 9.88 Å². The lowest BCUT2D eigenvalue weighted by Crippen LogP contribution is -2.48. The molecule has 17 heavy (non-hydrogen) atoms. The first-order valence-corrected chi connectivity index (χ1v) is 6.32. The smallest absolute Gasteiger partial charge is 0.0632 e. The molecule has 1 aliphatic rings. The summed E-state index contributed by atoms with van der Waals surface area (Å²) in [5.74, 6) is 0. The molecule has 0 amide bonds. The third-order valence-electron chi connectivity index (χ3n) is 3.04. The molecule has 4 nitrogen and oxygen atoms in total. The Hall–Kier alpha value is -0.970. The molecule has 1 atom stereocenters. The molecule has 1 aromatic rings. The molecule has 1 aromatic heterocycles. The Morgan fingerprint density at radius 3 is 3.12 bits per heavy atom. The number of rotatable bonds is 5. The van der Waals surface area contributed by atoms with Gasteiger partial charge in [0.25, 0.3) is 0 Å². The Kier molecular flexibility index (Phi) is 4.91. The van der Waals surface area contributed by atoms with Crippen molar-refractivity contribution >= 4 is 0 Å². The van der Waals surface area contributed by atoms with Gasteiger partial charge in [0, 0.05) is 31.9 Å². The van der Waals surface area contributed by atoms with Crippen LogP contribution in [0.4, 0.5) is 0 Å². The molecule has 1 aliphatic heterocycles. The van der Waals surface area contributed by atoms with Crippen LogP contribution < -0.4 is 5.32 Å². The van der Waals surface area contributed by atoms with Gasteiger partial charge in [-0.25, -0.2) is 0 Å². The standard InChI is InChI=1S/C13H21N3O/c1-2-16(9-12-5-3-4-6-14-12)10-13-11-17-8-7-15-13/h3-6,13,15H,2,7-11H2,1H3. The van der Waals surface area contributed by atoms with Crippen LogP contribution >= 0.6 is 0 Å². The second kappa shape index (κ2) is 6.69. The van der Waals surface area contributed by atoms with E-state index in [1.165, 1.54) is 0 Å². The number of nitrogens with zero attached hydrogens (tertiary/aromatic N) is 2. The molecule has 0 saturated carbocycles. The van der Waals surface area contributed by atoms with Crippen LogP contribution in [0.1, 0.15) is 12.6 Å². The summed E-state index contributed by atoms with van der Waals surface area (Å²) >= 11 is 0. The van der Waals surface area contributed by atoms with Crippen molar-refractivity contribution < 1.29 is 4.74 Å². The first kappa shape index (κ1) is 12.5. The van der Waals surface area contributed by atoms with Crippen molar-refractivity contribution in [3.63, 3.8) is 0 Å². The second-order valence-corrected chi connectivity index (χ2v) is 4.37. The molecule has 1 fully saturated rings. The minimum atomic E-state index is 0.451. The van der Waals surface area contributed by atoms with E-state index >= 15 is 0 Å². The molecule has 2 rings (SSSR count). The maximum atomic E-state index is 5.47. The number of hydrogen-bond acceptors (Lipinski definition) is 4. The summed E-state index contributed by atoms with van der Waals surface area (Å²) in [7, 11) is 0. The number of pyridine rings is 1. The number of morpholine rings is 1. The highest BCUT2D eigenvalue weighted by Gasteiger charge is 2.16. The van der Waals surface area contributed by atoms with Crippen molar-refractivity contribution in [1.29, 1.82) is 0 Å². The van der Waals surface area contributed by atoms with Gasteiger partial charge in [0.15, 0.2) is 0 Å². The number of likely N-dealkylation sites (N-methyl/N-ethyl adjacent to an activating group) is 1. The van der Waals surface area contributed by atoms with Gasteiger partial charge < -0.3 is 10.1 Å². The van der Waals surface area contributed by atoms with Crippen LogP contribution in [0.5, 0.6) is 0 Å². The fourth-order valence-corrected chi connectivity index (χ4v) is 2.07. The molecule has 1 unspecified atom stereocenters. The highest BCUT2D eigenvalue weighted by atomic mass is 16.5. The van der Waals surface area contributed by atoms with Gasteiger partial charge in [-0.15, -0.1) is 0 Å². The second-order valence-electron chi connectivity index (χ2n) is 4.37. The Morgan fingerprint density at radius 2 is 2.47 bits per heavy atom. The molecular weight excluding hydrogens is 214 g/mol. The molecule has 2 heterocycles. The summed E-state index contributed by atoms with van der Waals surface area (Å²) in [6.45, 7) is 7.78. The summed E-state index contributed by atoms with van der Waals surface area (Å²) < 4.78 is 5.47. The zero-order valence-electron chi connectivity index (χ0n) is 10.4. The lowest BCUT2D eigenvalue weighted by atomic mass is 10.2. The van der Waals surface area contributed by atoms with Crippen LogP contribution in [0.15, 0.2) is 24.4 Å². The van der Waals surface area contributed by atoms with E-state index in [0.717, 1.165) is 45.1 Å². The molecule has 0 radical (unpaired) electrons. The molecule has 94 valence electrons. The predicted octanol–water partition coefficient (Wildman–Crippen LogP) is 0.892. The van der Waals surface area contributed by atoms with Gasteiger partial charge in [-0.1, -0.05) is 13.0 Å². The Balaban J connectivity index is 1.83. The van der Waals surface area contributed by atoms with E-state index in [1.54, 1.807) is 0 Å². The van der Waals surface area contributed by atoms with Gasteiger partial charge in [0.2, 0.25) is 0 Å². The van der Waals surface area contributed by atoms with E-state index in [1.807, 2.05) is 18.3 Å². The van der Waals surface area contributed by atoms with E-state index < -0.39 is 0 Å². The van der Waals surface area contributed by atoms with E-state index in [2.05, 4.69) is 28.2 Å². The van der Waals surface area contributed by atoms with Gasteiger partial charge in [0.05, 0.1) is 18.9 Å². The third-order valence-corrected chi connectivity index (χ3v) is 3.04. The maximum Gasteiger partial charge on any atom is 0.0632 e. The van der Waals surface area contributed by atoms with Crippen molar-refractivity contribution in [1.82, 2.24) is 15.2 Å². The van der Waals surface area contributed by atoms with Gasteiger partial charge >= 0.3 is 0 Å². The first-order valence-electron chi connectivity index (χ1n) is 6.32. The summed E-state index contributed by atoms with van der Waals surface area (Å²) in [6.07, 6.45) is 1.85. The fourth-order valence-electron chi connectivity index (χ4n) is 2.07. The fraction of sp³-hybridized carbons (Fsp3) is 0.615. The average molecular weight is 235 g/mol. The van der Waals surface area contributed by atoms with Gasteiger partial charge in [0.1, 0.15) is 0 Å². The summed E-state index contributed by atoms with van der Waals surface area (Å²) in [4.78, 5) is 6.76. The Morgan fingerprint density at radius 1 is 1.53 bits per heavy atom. The maximum absolute atomic E-state index is 5.47. The molecule has 1 N–H and O–H groups in total. The third kappa shape index (κ3) is 4.07. The summed E-state index contributed by atoms with van der Waals surface area (Å²) in [6, 6.07) is 6.52. The molecule has 0 aromatic carbocycles. The van der Waals surface area contributed by atoms with Crippen LogP contribution in [0.2, 0.25) is 0 Å². The number of aromatic nitrogens is 1. The highest BCUT2D eigenvalue weighted by molar-refractivity contribution is 5.03. The van der Waals surface area contributed by atoms with Crippen LogP contribution in [0.3, 0.4) is 0 Å². The molecular formula is C13H21N3O. The SMILES string of the molecule is CCN(Cc1ccccn1)CC1COCCN1. The zero-order chi connectivity index (χ0) is 11.9. The number of ether oxygens (including phenoxy) is 1. The van der Waals surface area contributed by atoms with E-state index in [9.17, 15) is 0 Å². The topological polar surface area (TPSA) is 37.4 Å². The number of hydrogen-bond donors (Lipinski definition) is 1.